The maximum Gasteiger partial charge on any atom is 0.389 e. The van der Waals surface area contributed by atoms with Crippen LogP contribution in [0.25, 0.3) is 5.95 Å². The van der Waals surface area contributed by atoms with Gasteiger partial charge in [-0.3, -0.25) is 14.6 Å². The van der Waals surface area contributed by atoms with E-state index in [1.165, 1.54) is 10.9 Å². The summed E-state index contributed by atoms with van der Waals surface area (Å²) in [6, 6.07) is 0. The van der Waals surface area contributed by atoms with Gasteiger partial charge in [0.15, 0.2) is 0 Å². The van der Waals surface area contributed by atoms with Crippen molar-refractivity contribution in [3.8, 4) is 5.95 Å². The summed E-state index contributed by atoms with van der Waals surface area (Å²) >= 11 is 0. The lowest BCUT2D eigenvalue weighted by atomic mass is 9.93. The highest BCUT2D eigenvalue weighted by Crippen LogP contribution is 2.31. The van der Waals surface area contributed by atoms with Crippen molar-refractivity contribution < 1.29 is 18.0 Å². The van der Waals surface area contributed by atoms with E-state index in [4.69, 9.17) is 0 Å². The number of amides is 1. The van der Waals surface area contributed by atoms with E-state index in [1.54, 1.807) is 11.8 Å². The van der Waals surface area contributed by atoms with Gasteiger partial charge < -0.3 is 4.90 Å². The Hall–Kier alpha value is -2.65. The highest BCUT2D eigenvalue weighted by Gasteiger charge is 2.35. The summed E-state index contributed by atoms with van der Waals surface area (Å²) in [6.45, 7) is 2.29. The molecule has 0 saturated carbocycles. The van der Waals surface area contributed by atoms with Crippen LogP contribution in [0, 0.1) is 12.8 Å². The number of carbonyl (C=O) groups is 1. The van der Waals surface area contributed by atoms with Crippen LogP contribution in [0.3, 0.4) is 0 Å². The second-order valence-corrected chi connectivity index (χ2v) is 7.78. The smallest absolute Gasteiger partial charge is 0.339 e. The first-order valence-electron chi connectivity index (χ1n) is 9.76. The number of aromatic amines is 1. The fourth-order valence-electron chi connectivity index (χ4n) is 4.20. The van der Waals surface area contributed by atoms with Crippen LogP contribution in [0.2, 0.25) is 0 Å². The fraction of sp³-hybridized carbons (Fsp3) is 0.579. The molecule has 0 spiro atoms. The maximum absolute atomic E-state index is 12.9. The highest BCUT2D eigenvalue weighted by atomic mass is 19.4. The van der Waals surface area contributed by atoms with Crippen LogP contribution in [0.1, 0.15) is 53.0 Å². The average Bonchev–Trinajstić information content (AvgIpc) is 3.27. The summed E-state index contributed by atoms with van der Waals surface area (Å²) in [7, 11) is 0. The van der Waals surface area contributed by atoms with E-state index in [9.17, 15) is 22.8 Å². The SMILES string of the molecule is Cc1c(C(=O)N2CCC(CC(F)(F)F)CC2)cnn1-c1nc2c(c(=O)[nH]1)CCC2. The quantitative estimate of drug-likeness (QED) is 0.845. The number of halogens is 3. The van der Waals surface area contributed by atoms with Crippen molar-refractivity contribution in [2.24, 2.45) is 5.92 Å². The largest absolute Gasteiger partial charge is 0.389 e. The molecule has 3 heterocycles. The van der Waals surface area contributed by atoms with Gasteiger partial charge in [-0.25, -0.2) is 9.67 Å². The van der Waals surface area contributed by atoms with Gasteiger partial charge in [0.25, 0.3) is 11.5 Å². The highest BCUT2D eigenvalue weighted by molar-refractivity contribution is 5.95. The van der Waals surface area contributed by atoms with Gasteiger partial charge in [-0.05, 0) is 44.9 Å². The van der Waals surface area contributed by atoms with Crippen molar-refractivity contribution >= 4 is 5.91 Å². The fourth-order valence-corrected chi connectivity index (χ4v) is 4.20. The molecule has 2 aromatic heterocycles. The van der Waals surface area contributed by atoms with Crippen molar-refractivity contribution in [1.82, 2.24) is 24.6 Å². The van der Waals surface area contributed by atoms with Gasteiger partial charge in [0.2, 0.25) is 5.95 Å². The number of hydrogen-bond donors (Lipinski definition) is 1. The molecule has 0 atom stereocenters. The first-order chi connectivity index (χ1) is 13.7. The molecule has 10 heteroatoms. The number of nitrogens with one attached hydrogen (secondary N) is 1. The third-order valence-electron chi connectivity index (χ3n) is 5.79. The number of hydrogen-bond acceptors (Lipinski definition) is 4. The molecule has 1 saturated heterocycles. The first-order valence-corrected chi connectivity index (χ1v) is 9.76. The summed E-state index contributed by atoms with van der Waals surface area (Å²) < 4.78 is 39.1. The van der Waals surface area contributed by atoms with Crippen LogP contribution < -0.4 is 5.56 Å². The Bertz CT molecular complexity index is 987. The molecule has 1 amide bonds. The zero-order chi connectivity index (χ0) is 20.8. The predicted octanol–water partition coefficient (Wildman–Crippen LogP) is 2.56. The summed E-state index contributed by atoms with van der Waals surface area (Å²) in [6.07, 6.45) is -0.545. The van der Waals surface area contributed by atoms with Gasteiger partial charge in [-0.2, -0.15) is 18.3 Å². The van der Waals surface area contributed by atoms with Crippen LogP contribution in [0.4, 0.5) is 13.2 Å². The minimum atomic E-state index is -4.17. The zero-order valence-corrected chi connectivity index (χ0v) is 16.1. The summed E-state index contributed by atoms with van der Waals surface area (Å²) in [4.78, 5) is 33.9. The first kappa shape index (κ1) is 19.7. The molecule has 0 unspecified atom stereocenters. The number of fused-ring (bicyclic) bond motifs is 1. The zero-order valence-electron chi connectivity index (χ0n) is 16.1. The molecule has 1 aliphatic heterocycles. The number of rotatable bonds is 3. The Morgan fingerprint density at radius 3 is 2.69 bits per heavy atom. The average molecular weight is 409 g/mol. The maximum atomic E-state index is 12.9. The number of alkyl halides is 3. The number of likely N-dealkylation sites (tertiary alicyclic amines) is 1. The van der Waals surface area contributed by atoms with Gasteiger partial charge in [-0.1, -0.05) is 0 Å². The number of H-pyrrole nitrogens is 1. The third kappa shape index (κ3) is 3.92. The van der Waals surface area contributed by atoms with Crippen molar-refractivity contribution in [3.63, 3.8) is 0 Å². The topological polar surface area (TPSA) is 83.9 Å². The molecule has 1 N–H and O–H groups in total. The van der Waals surface area contributed by atoms with Crippen molar-refractivity contribution in [3.05, 3.63) is 39.1 Å². The van der Waals surface area contributed by atoms with Crippen LogP contribution in [-0.4, -0.2) is 49.8 Å². The van der Waals surface area contributed by atoms with E-state index >= 15 is 0 Å². The van der Waals surface area contributed by atoms with E-state index in [2.05, 4.69) is 15.1 Å². The molecule has 156 valence electrons. The Morgan fingerprint density at radius 1 is 1.28 bits per heavy atom. The summed E-state index contributed by atoms with van der Waals surface area (Å²) in [5.74, 6) is -0.428. The molecule has 1 aliphatic carbocycles. The van der Waals surface area contributed by atoms with Crippen LogP contribution in [-0.2, 0) is 12.8 Å². The van der Waals surface area contributed by atoms with Crippen LogP contribution in [0.5, 0.6) is 0 Å². The number of aromatic nitrogens is 4. The molecule has 2 aliphatic rings. The molecule has 0 radical (unpaired) electrons. The molecule has 29 heavy (non-hydrogen) atoms. The Balaban J connectivity index is 1.50. The molecule has 0 aromatic carbocycles. The molecule has 1 fully saturated rings. The summed E-state index contributed by atoms with van der Waals surface area (Å²) in [5.41, 5.74) is 2.18. The lowest BCUT2D eigenvalue weighted by Crippen LogP contribution is -2.39. The second kappa shape index (κ2) is 7.31. The molecular weight excluding hydrogens is 387 g/mol. The van der Waals surface area contributed by atoms with Gasteiger partial charge in [0, 0.05) is 25.1 Å². The standard InChI is InChI=1S/C19H22F3N5O2/c1-11-14(17(29)26-7-5-12(6-8-26)9-19(20,21)22)10-23-27(11)18-24-15-4-2-3-13(15)16(28)25-18/h10,12H,2-9H2,1H3,(H,24,25,28). The number of piperidine rings is 1. The minimum Gasteiger partial charge on any atom is -0.339 e. The lowest BCUT2D eigenvalue weighted by Gasteiger charge is -2.32. The Labute approximate surface area is 164 Å². The van der Waals surface area contributed by atoms with E-state index in [-0.39, 0.29) is 30.5 Å². The predicted molar refractivity (Wildman–Crippen MR) is 98.0 cm³/mol. The van der Waals surface area contributed by atoms with Gasteiger partial charge in [0.05, 0.1) is 23.1 Å². The minimum absolute atomic E-state index is 0.183. The molecular formula is C19H22F3N5O2. The third-order valence-corrected chi connectivity index (χ3v) is 5.79. The Kier molecular flexibility index (Phi) is 4.95. The monoisotopic (exact) mass is 409 g/mol. The van der Waals surface area contributed by atoms with Crippen molar-refractivity contribution in [1.29, 1.82) is 0 Å². The van der Waals surface area contributed by atoms with Crippen LogP contribution >= 0.6 is 0 Å². The second-order valence-electron chi connectivity index (χ2n) is 7.78. The van der Waals surface area contributed by atoms with Crippen molar-refractivity contribution in [2.45, 2.75) is 51.6 Å². The normalized spacial score (nSPS) is 17.6. The lowest BCUT2D eigenvalue weighted by molar-refractivity contribution is -0.147. The number of carbonyl (C=O) groups excluding carboxylic acids is 1. The van der Waals surface area contributed by atoms with E-state index < -0.39 is 18.5 Å². The van der Waals surface area contributed by atoms with E-state index in [1.807, 2.05) is 0 Å². The Morgan fingerprint density at radius 2 is 2.00 bits per heavy atom. The van der Waals surface area contributed by atoms with E-state index in [0.717, 1.165) is 18.5 Å². The summed E-state index contributed by atoms with van der Waals surface area (Å²) in [5, 5.41) is 4.22. The van der Waals surface area contributed by atoms with Crippen LogP contribution in [0.15, 0.2) is 11.0 Å². The van der Waals surface area contributed by atoms with Gasteiger partial charge in [0.1, 0.15) is 0 Å². The molecule has 4 rings (SSSR count). The molecule has 0 bridgehead atoms. The molecule has 2 aromatic rings. The van der Waals surface area contributed by atoms with Crippen molar-refractivity contribution in [2.75, 3.05) is 13.1 Å². The number of nitrogens with zero attached hydrogens (tertiary/aromatic N) is 4. The van der Waals surface area contributed by atoms with Gasteiger partial charge in [-0.15, -0.1) is 0 Å². The number of aryl methyl sites for hydroxylation is 1. The molecule has 7 nitrogen and oxygen atoms in total. The van der Waals surface area contributed by atoms with Gasteiger partial charge >= 0.3 is 6.18 Å². The van der Waals surface area contributed by atoms with E-state index in [0.29, 0.717) is 36.1 Å².